The zero-order chi connectivity index (χ0) is 14.4. The maximum absolute atomic E-state index is 13.0. The highest BCUT2D eigenvalue weighted by atomic mass is 19.1. The number of nitrogens with one attached hydrogen (secondary N) is 2. The number of nitrogens with zero attached hydrogens (tertiary/aromatic N) is 1. The van der Waals surface area contributed by atoms with Crippen LogP contribution in [0.5, 0.6) is 0 Å². The largest absolute Gasteiger partial charge is 0.370 e. The number of anilines is 2. The van der Waals surface area contributed by atoms with E-state index in [-0.39, 0.29) is 0 Å². The Morgan fingerprint density at radius 2 is 1.65 bits per heavy atom. The fraction of sp³-hybridized carbons (Fsp3) is 0.267. The number of aromatic nitrogens is 1. The summed E-state index contributed by atoms with van der Waals surface area (Å²) in [5.41, 5.74) is 0.623. The molecule has 2 N–H and O–H groups in total. The van der Waals surface area contributed by atoms with Gasteiger partial charge >= 0.3 is 0 Å². The lowest BCUT2D eigenvalue weighted by molar-refractivity contribution is 0.580. The molecule has 0 bridgehead atoms. The van der Waals surface area contributed by atoms with Gasteiger partial charge in [0.2, 0.25) is 0 Å². The van der Waals surface area contributed by atoms with E-state index in [1.54, 1.807) is 0 Å². The lowest BCUT2D eigenvalue weighted by Gasteiger charge is -2.08. The van der Waals surface area contributed by atoms with Gasteiger partial charge in [-0.05, 0) is 43.2 Å². The summed E-state index contributed by atoms with van der Waals surface area (Å²) < 4.78 is 26.1. The average molecular weight is 277 g/mol. The third-order valence-electron chi connectivity index (χ3n) is 2.75. The Labute approximate surface area is 117 Å². The maximum atomic E-state index is 13.0. The minimum Gasteiger partial charge on any atom is -0.370 e. The number of benzene rings is 1. The summed E-state index contributed by atoms with van der Waals surface area (Å²) in [6, 6.07) is 9.19. The molecule has 0 aliphatic rings. The molecular formula is C15H17F2N3. The molecule has 0 fully saturated rings. The van der Waals surface area contributed by atoms with Gasteiger partial charge in [0.05, 0.1) is 0 Å². The van der Waals surface area contributed by atoms with E-state index in [0.717, 1.165) is 24.2 Å². The monoisotopic (exact) mass is 277 g/mol. The number of halogens is 2. The number of hydrogen-bond acceptors (Lipinski definition) is 3. The van der Waals surface area contributed by atoms with E-state index in [1.807, 2.05) is 25.1 Å². The van der Waals surface area contributed by atoms with E-state index < -0.39 is 11.6 Å². The topological polar surface area (TPSA) is 37.0 Å². The lowest BCUT2D eigenvalue weighted by atomic mass is 10.1. The fourth-order valence-electron chi connectivity index (χ4n) is 1.90. The van der Waals surface area contributed by atoms with Crippen LogP contribution in [0, 0.1) is 11.6 Å². The third kappa shape index (κ3) is 4.19. The summed E-state index contributed by atoms with van der Waals surface area (Å²) in [5, 5.41) is 6.26. The van der Waals surface area contributed by atoms with Crippen molar-refractivity contribution in [2.45, 2.75) is 13.3 Å². The maximum Gasteiger partial charge on any atom is 0.128 e. The van der Waals surface area contributed by atoms with Crippen LogP contribution in [-0.2, 0) is 6.42 Å². The van der Waals surface area contributed by atoms with Gasteiger partial charge in [0, 0.05) is 19.2 Å². The first-order valence-electron chi connectivity index (χ1n) is 6.57. The Balaban J connectivity index is 1.90. The van der Waals surface area contributed by atoms with Crippen LogP contribution in [0.4, 0.5) is 20.4 Å². The van der Waals surface area contributed by atoms with Crippen LogP contribution in [-0.4, -0.2) is 18.1 Å². The molecule has 3 nitrogen and oxygen atoms in total. The minimum absolute atomic E-state index is 0.530. The first kappa shape index (κ1) is 14.2. The second-order valence-electron chi connectivity index (χ2n) is 4.39. The fourth-order valence-corrected chi connectivity index (χ4v) is 1.90. The van der Waals surface area contributed by atoms with E-state index in [0.29, 0.717) is 18.5 Å². The second-order valence-corrected chi connectivity index (χ2v) is 4.39. The molecule has 106 valence electrons. The Kier molecular flexibility index (Phi) is 4.87. The molecule has 2 rings (SSSR count). The van der Waals surface area contributed by atoms with Crippen molar-refractivity contribution in [1.82, 2.24) is 4.98 Å². The van der Waals surface area contributed by atoms with Crippen molar-refractivity contribution >= 4 is 11.6 Å². The van der Waals surface area contributed by atoms with Crippen molar-refractivity contribution in [2.24, 2.45) is 0 Å². The second kappa shape index (κ2) is 6.84. The van der Waals surface area contributed by atoms with Gasteiger partial charge in [-0.25, -0.2) is 13.8 Å². The predicted octanol–water partition coefficient (Wildman–Crippen LogP) is 3.45. The van der Waals surface area contributed by atoms with Gasteiger partial charge in [-0.3, -0.25) is 0 Å². The summed E-state index contributed by atoms with van der Waals surface area (Å²) in [4.78, 5) is 4.36. The molecule has 0 unspecified atom stereocenters. The standard InChI is InChI=1S/C15H17F2N3/c1-2-18-14-4-3-5-15(20-14)19-7-6-11-8-12(16)10-13(17)9-11/h3-5,8-10H,2,6-7H2,1H3,(H2,18,19,20). The Morgan fingerprint density at radius 1 is 1.00 bits per heavy atom. The molecule has 1 heterocycles. The molecular weight excluding hydrogens is 260 g/mol. The van der Waals surface area contributed by atoms with Crippen LogP contribution in [0.25, 0.3) is 0 Å². The Bertz CT molecular complexity index is 553. The highest BCUT2D eigenvalue weighted by Gasteiger charge is 2.01. The SMILES string of the molecule is CCNc1cccc(NCCc2cc(F)cc(F)c2)n1. The van der Waals surface area contributed by atoms with Gasteiger partial charge in [-0.15, -0.1) is 0 Å². The van der Waals surface area contributed by atoms with E-state index in [1.165, 1.54) is 12.1 Å². The van der Waals surface area contributed by atoms with Gasteiger partial charge in [-0.2, -0.15) is 0 Å². The Morgan fingerprint density at radius 3 is 2.30 bits per heavy atom. The quantitative estimate of drug-likeness (QED) is 0.849. The van der Waals surface area contributed by atoms with Crippen molar-refractivity contribution in [3.05, 3.63) is 53.6 Å². The van der Waals surface area contributed by atoms with Crippen molar-refractivity contribution in [3.8, 4) is 0 Å². The first-order chi connectivity index (χ1) is 9.67. The van der Waals surface area contributed by atoms with Crippen LogP contribution < -0.4 is 10.6 Å². The van der Waals surface area contributed by atoms with Gasteiger partial charge in [0.25, 0.3) is 0 Å². The van der Waals surface area contributed by atoms with E-state index in [2.05, 4.69) is 15.6 Å². The molecule has 5 heteroatoms. The van der Waals surface area contributed by atoms with Gasteiger partial charge in [0.15, 0.2) is 0 Å². The van der Waals surface area contributed by atoms with Gasteiger partial charge < -0.3 is 10.6 Å². The van der Waals surface area contributed by atoms with E-state index in [9.17, 15) is 8.78 Å². The molecule has 0 aliphatic heterocycles. The number of rotatable bonds is 6. The van der Waals surface area contributed by atoms with Crippen LogP contribution in [0.1, 0.15) is 12.5 Å². The predicted molar refractivity (Wildman–Crippen MR) is 77.0 cm³/mol. The van der Waals surface area contributed by atoms with Crippen molar-refractivity contribution in [2.75, 3.05) is 23.7 Å². The summed E-state index contributed by atoms with van der Waals surface area (Å²) in [6.45, 7) is 3.37. The summed E-state index contributed by atoms with van der Waals surface area (Å²) in [7, 11) is 0. The van der Waals surface area contributed by atoms with Gasteiger partial charge in [-0.1, -0.05) is 6.07 Å². The molecule has 0 spiro atoms. The zero-order valence-electron chi connectivity index (χ0n) is 11.3. The van der Waals surface area contributed by atoms with Crippen LogP contribution >= 0.6 is 0 Å². The number of hydrogen-bond donors (Lipinski definition) is 2. The van der Waals surface area contributed by atoms with Crippen molar-refractivity contribution in [3.63, 3.8) is 0 Å². The molecule has 1 aromatic heterocycles. The molecule has 2 aromatic rings. The summed E-state index contributed by atoms with van der Waals surface area (Å²) in [5.74, 6) is 0.439. The van der Waals surface area contributed by atoms with Crippen LogP contribution in [0.2, 0.25) is 0 Å². The highest BCUT2D eigenvalue weighted by molar-refractivity contribution is 5.45. The Hall–Kier alpha value is -2.17. The third-order valence-corrected chi connectivity index (χ3v) is 2.75. The van der Waals surface area contributed by atoms with E-state index >= 15 is 0 Å². The lowest BCUT2D eigenvalue weighted by Crippen LogP contribution is -2.08. The minimum atomic E-state index is -0.549. The molecule has 0 saturated heterocycles. The molecule has 0 atom stereocenters. The molecule has 0 saturated carbocycles. The zero-order valence-corrected chi connectivity index (χ0v) is 11.3. The first-order valence-corrected chi connectivity index (χ1v) is 6.57. The summed E-state index contributed by atoms with van der Waals surface area (Å²) in [6.07, 6.45) is 0.530. The molecule has 0 aliphatic carbocycles. The molecule has 1 aromatic carbocycles. The van der Waals surface area contributed by atoms with Crippen LogP contribution in [0.3, 0.4) is 0 Å². The van der Waals surface area contributed by atoms with Crippen molar-refractivity contribution < 1.29 is 8.78 Å². The highest BCUT2D eigenvalue weighted by Crippen LogP contribution is 2.11. The normalized spacial score (nSPS) is 10.3. The molecule has 0 radical (unpaired) electrons. The molecule has 20 heavy (non-hydrogen) atoms. The summed E-state index contributed by atoms with van der Waals surface area (Å²) >= 11 is 0. The smallest absolute Gasteiger partial charge is 0.128 e. The van der Waals surface area contributed by atoms with Crippen LogP contribution in [0.15, 0.2) is 36.4 Å². The van der Waals surface area contributed by atoms with Crippen molar-refractivity contribution in [1.29, 1.82) is 0 Å². The van der Waals surface area contributed by atoms with Gasteiger partial charge in [0.1, 0.15) is 23.3 Å². The molecule has 0 amide bonds. The average Bonchev–Trinajstić information content (AvgIpc) is 2.38. The van der Waals surface area contributed by atoms with E-state index in [4.69, 9.17) is 0 Å². The number of pyridine rings is 1.